The summed E-state index contributed by atoms with van der Waals surface area (Å²) in [6, 6.07) is 1.43. The molecule has 498 valence electrons. The molecule has 4 atom stereocenters. The standard InChI is InChI=1S/C10H18N2O2.C8H13NO3.C7H14N2.C5H10O2.C4H8O2.C3H5BrO2.C3H6I2.2C3H7I.C3H8.C2H4I2.C2H5.CH5N.3HI.V/c1-3-14-10(13)12-6-8-4-5-11(2)9(8)7-12;1-3-5-9(6-7-10)8(11)12-4-2;1-9-3-2-6-4-8-5-7(6)9;1-3-4-5(6)7-2;1-2-3-4(5)6;1-6-3(5)2-4;1-2-3(4)5;1-3(2)4;1-2-3-4;1-3-2;1-2(3)4;2*1-2;;;;/h8-9H,3-7H2,1-2H3;3,7H,1,4-6H2,2H3;6-8H,2-5H2,1H3;3-4H2,1-2H3;2-3H2,1H3,(H,5,6);2H2,1H3;3H,2H2,1H3;3H,1-2H3;2-3H2,1H3;3H2,1-2H3;2H,1H3;1H2,2H3;2H2,1H3;3*1H;/q;;;;;;;;;;;-1;;;;;+3/p-3. The van der Waals surface area contributed by atoms with Crippen LogP contribution in [0.5, 0.6) is 0 Å². The molecule has 4 rings (SSSR count). The van der Waals surface area contributed by atoms with Crippen molar-refractivity contribution in [2.24, 2.45) is 17.6 Å². The maximum absolute atomic E-state index is 11.5. The van der Waals surface area contributed by atoms with E-state index < -0.39 is 12.1 Å². The number of carbonyl (C=O) groups excluding carboxylic acids is 5. The summed E-state index contributed by atoms with van der Waals surface area (Å²) < 4.78 is 21.9. The van der Waals surface area contributed by atoms with E-state index in [1.807, 2.05) is 25.7 Å². The summed E-state index contributed by atoms with van der Waals surface area (Å²) in [4.78, 5) is 70.0. The van der Waals surface area contributed by atoms with E-state index >= 15 is 0 Å². The zero-order valence-electron chi connectivity index (χ0n) is 52.6. The second-order valence-corrected chi connectivity index (χ2v) is 67.6. The van der Waals surface area contributed by atoms with Gasteiger partial charge in [-0.3, -0.25) is 19.3 Å². The number of likely N-dealkylation sites (N-methyl/N-ethyl adjacent to an activating group) is 2. The molecular weight excluding hydrogens is 2180 g/mol. The SMILES string of the molecule is C=CCN(CC=O)C(=O)OCC.CC(C)I.CC(I)I.CCC.CCC(I)I.CCCC(=O)O.CCCC(=O)OC.CCCI.CCOC(=O)N1CC2CCN(C)C2C1.CN.CN1CCC2CNCC21.COC(=O)CBr.[CH2-]C.[I][V]([I])[I]. The number of aldehydes is 1. The number of likely N-dealkylation sites (tertiary alicyclic amines) is 3. The molecule has 0 saturated carbocycles. The van der Waals surface area contributed by atoms with Crippen LogP contribution in [0.3, 0.4) is 0 Å². The topological polar surface area (TPSA) is 211 Å². The molecular formula is C54H110BrI9N6O11V-. The van der Waals surface area contributed by atoms with Crippen molar-refractivity contribution in [3.8, 4) is 0 Å². The van der Waals surface area contributed by atoms with E-state index in [0.29, 0.717) is 50.8 Å². The first-order valence-electron chi connectivity index (χ1n) is 27.3. The van der Waals surface area contributed by atoms with Crippen molar-refractivity contribution in [1.29, 1.82) is 0 Å². The van der Waals surface area contributed by atoms with Gasteiger partial charge in [0.2, 0.25) is 0 Å². The Morgan fingerprint density at radius 3 is 1.43 bits per heavy atom. The van der Waals surface area contributed by atoms with Crippen LogP contribution in [0.25, 0.3) is 0 Å². The summed E-state index contributed by atoms with van der Waals surface area (Å²) >= 11 is 24.4. The number of carboxylic acid groups (broad SMARTS) is 1. The molecule has 4 saturated heterocycles. The predicted molar refractivity (Wildman–Crippen MR) is 428 cm³/mol. The van der Waals surface area contributed by atoms with Crippen molar-refractivity contribution < 1.29 is 57.7 Å². The number of nitrogens with one attached hydrogen (secondary N) is 1. The van der Waals surface area contributed by atoms with Crippen LogP contribution < -0.4 is 11.1 Å². The van der Waals surface area contributed by atoms with Gasteiger partial charge in [-0.15, -0.1) is 6.58 Å². The Bertz CT molecular complexity index is 1350. The average molecular weight is 2290 g/mol. The zero-order valence-corrected chi connectivity index (χ0v) is 75.0. The molecule has 4 aliphatic heterocycles. The van der Waals surface area contributed by atoms with E-state index in [-0.39, 0.29) is 34.8 Å². The molecule has 82 heavy (non-hydrogen) atoms. The van der Waals surface area contributed by atoms with E-state index in [9.17, 15) is 28.8 Å². The van der Waals surface area contributed by atoms with Gasteiger partial charge in [0.05, 0.1) is 37.8 Å². The fourth-order valence-electron chi connectivity index (χ4n) is 5.86. The van der Waals surface area contributed by atoms with Crippen molar-refractivity contribution in [3.63, 3.8) is 0 Å². The number of hydrogen-bond donors (Lipinski definition) is 3. The molecule has 2 amide bonds. The summed E-state index contributed by atoms with van der Waals surface area (Å²) in [7, 11) is 8.62. The molecule has 0 aliphatic carbocycles. The third-order valence-corrected chi connectivity index (χ3v) is 12.5. The number of methoxy groups -OCH3 is 2. The fourth-order valence-corrected chi connectivity index (χ4v) is 6.09. The number of fused-ring (bicyclic) bond motifs is 2. The molecule has 28 heteroatoms. The van der Waals surface area contributed by atoms with E-state index in [2.05, 4.69) is 323 Å². The van der Waals surface area contributed by atoms with E-state index in [1.165, 1.54) is 88.9 Å². The normalized spacial score (nSPS) is 16.0. The Balaban J connectivity index is -0.0000000884. The van der Waals surface area contributed by atoms with Crippen LogP contribution >= 0.6 is 211 Å². The van der Waals surface area contributed by atoms with Gasteiger partial charge < -0.3 is 61.5 Å². The Hall–Kier alpha value is 3.83. The number of halogens is 10. The molecule has 0 spiro atoms. The van der Waals surface area contributed by atoms with E-state index in [0.717, 1.165) is 45.7 Å². The van der Waals surface area contributed by atoms with Gasteiger partial charge in [0, 0.05) is 55.0 Å². The Morgan fingerprint density at radius 1 is 0.768 bits per heavy atom. The minimum atomic E-state index is -0.711. The quantitative estimate of drug-likeness (QED) is 0.0298. The van der Waals surface area contributed by atoms with Crippen LogP contribution in [0, 0.1) is 18.8 Å². The van der Waals surface area contributed by atoms with Crippen LogP contribution in [-0.2, 0) is 43.0 Å². The average Bonchev–Trinajstić information content (AvgIpc) is 4.24. The first-order valence-corrected chi connectivity index (χ1v) is 49.7. The molecule has 0 aromatic carbocycles. The monoisotopic (exact) mass is 2290 g/mol. The number of nitrogens with zero attached hydrogens (tertiary/aromatic N) is 4. The molecule has 17 nitrogen and oxygen atoms in total. The van der Waals surface area contributed by atoms with Gasteiger partial charge in [-0.25, -0.2) is 9.59 Å². The molecule has 4 unspecified atom stereocenters. The van der Waals surface area contributed by atoms with Crippen LogP contribution in [0.1, 0.15) is 141 Å². The number of amides is 2. The van der Waals surface area contributed by atoms with Crippen molar-refractivity contribution in [1.82, 2.24) is 24.9 Å². The number of carbonyl (C=O) groups is 6. The van der Waals surface area contributed by atoms with Gasteiger partial charge >= 0.3 is 95.0 Å². The number of alkyl halides is 7. The van der Waals surface area contributed by atoms with Crippen LogP contribution in [-0.4, -0.2) is 192 Å². The third kappa shape index (κ3) is 92.6. The summed E-state index contributed by atoms with van der Waals surface area (Å²) in [6.07, 6.45) is 10.5. The van der Waals surface area contributed by atoms with Gasteiger partial charge in [0.1, 0.15) is 11.6 Å². The number of nitrogens with two attached hydrogens (primary N) is 1. The maximum atomic E-state index is 11.5. The number of carboxylic acids is 1. The minimum absolute atomic E-state index is 0.0465. The number of rotatable bonds is 13. The Kier molecular flexibility index (Phi) is 114. The summed E-state index contributed by atoms with van der Waals surface area (Å²) in [6.45, 7) is 38.7. The first-order chi connectivity index (χ1) is 38.5. The number of esters is 2. The molecule has 0 aromatic heterocycles. The molecule has 0 bridgehead atoms. The zero-order chi connectivity index (χ0) is 66.6. The molecule has 4 N–H and O–H groups in total. The molecule has 4 fully saturated rings. The van der Waals surface area contributed by atoms with Gasteiger partial charge in [-0.2, -0.15) is 6.92 Å². The second kappa shape index (κ2) is 86.9. The van der Waals surface area contributed by atoms with Gasteiger partial charge in [0.25, 0.3) is 0 Å². The van der Waals surface area contributed by atoms with Gasteiger partial charge in [-0.1, -0.05) is 219 Å². The van der Waals surface area contributed by atoms with Crippen molar-refractivity contribution >= 4 is 248 Å². The second-order valence-electron chi connectivity index (χ2n) is 16.6. The fraction of sp³-hybridized carbons (Fsp3) is 0.833. The van der Waals surface area contributed by atoms with Crippen molar-refractivity contribution in [2.75, 3.05) is 111 Å². The Labute approximate surface area is 629 Å². The molecule has 4 aliphatic rings. The molecule has 4 heterocycles. The van der Waals surface area contributed by atoms with Gasteiger partial charge in [0.15, 0.2) is 0 Å². The number of hydrogen-bond acceptors (Lipinski definition) is 14. The van der Waals surface area contributed by atoms with E-state index in [1.54, 1.807) is 19.9 Å². The van der Waals surface area contributed by atoms with Crippen molar-refractivity contribution in [3.05, 3.63) is 19.6 Å². The first kappa shape index (κ1) is 107. The third-order valence-electron chi connectivity index (χ3n) is 9.22. The van der Waals surface area contributed by atoms with Gasteiger partial charge in [-0.05, 0) is 116 Å². The number of ether oxygens (including phenoxy) is 4. The summed E-state index contributed by atoms with van der Waals surface area (Å²) in [5, 5.41) is 11.6. The predicted octanol–water partition coefficient (Wildman–Crippen LogP) is 16.8. The summed E-state index contributed by atoms with van der Waals surface area (Å²) in [5.74, 6) is 0.564. The van der Waals surface area contributed by atoms with Crippen LogP contribution in [0.4, 0.5) is 9.59 Å². The molecule has 0 aromatic rings. The van der Waals surface area contributed by atoms with Crippen LogP contribution in [0.2, 0.25) is 0 Å². The van der Waals surface area contributed by atoms with Crippen LogP contribution in [0.15, 0.2) is 12.7 Å². The Morgan fingerprint density at radius 2 is 1.17 bits per heavy atom. The summed E-state index contributed by atoms with van der Waals surface area (Å²) in [5.41, 5.74) is 4.50. The molecule has 0 radical (unpaired) electrons. The van der Waals surface area contributed by atoms with Crippen molar-refractivity contribution in [2.45, 2.75) is 161 Å². The number of aliphatic carboxylic acids is 1. The van der Waals surface area contributed by atoms with E-state index in [4.69, 9.17) is 9.84 Å².